The van der Waals surface area contributed by atoms with Crippen LogP contribution in [-0.4, -0.2) is 35.9 Å². The Balaban J connectivity index is 1.78. The average molecular weight is 600 g/mol. The Bertz CT molecular complexity index is 1260. The summed E-state index contributed by atoms with van der Waals surface area (Å²) in [4.78, 5) is 4.58. The molecule has 7 nitrogen and oxygen atoms in total. The third kappa shape index (κ3) is 10.4. The van der Waals surface area contributed by atoms with Crippen LogP contribution in [-0.2, 0) is 42.1 Å². The summed E-state index contributed by atoms with van der Waals surface area (Å²) in [5, 5.41) is 0. The van der Waals surface area contributed by atoms with Crippen LogP contribution >= 0.6 is 7.82 Å². The summed E-state index contributed by atoms with van der Waals surface area (Å²) in [5.74, 6) is 0.172. The van der Waals surface area contributed by atoms with E-state index in [1.165, 1.54) is 6.07 Å². The summed E-state index contributed by atoms with van der Waals surface area (Å²) in [5.41, 5.74) is -1.26. The van der Waals surface area contributed by atoms with Crippen LogP contribution in [0.25, 0.3) is 0 Å². The lowest BCUT2D eigenvalue weighted by atomic mass is 9.93. The number of ether oxygens (including phenoxy) is 2. The van der Waals surface area contributed by atoms with E-state index in [9.17, 15) is 17.7 Å². The predicted octanol–water partition coefficient (Wildman–Crippen LogP) is 8.47. The van der Waals surface area contributed by atoms with Crippen molar-refractivity contribution in [3.8, 4) is 5.75 Å². The van der Waals surface area contributed by atoms with Gasteiger partial charge >= 0.3 is 14.0 Å². The maximum absolute atomic E-state index is 14.0. The van der Waals surface area contributed by atoms with E-state index in [1.807, 2.05) is 25.1 Å². The molecule has 1 atom stereocenters. The Morgan fingerprint density at radius 1 is 0.951 bits per heavy atom. The van der Waals surface area contributed by atoms with E-state index >= 15 is 0 Å². The average Bonchev–Trinajstić information content (AvgIpc) is 3.18. The molecule has 2 aromatic carbocycles. The van der Waals surface area contributed by atoms with Gasteiger partial charge in [0.05, 0.1) is 23.4 Å². The highest BCUT2D eigenvalue weighted by atomic mass is 31.2. The number of phosphoric acid groups is 1. The zero-order valence-corrected chi connectivity index (χ0v) is 25.9. The van der Waals surface area contributed by atoms with E-state index in [0.29, 0.717) is 11.5 Å². The Morgan fingerprint density at radius 2 is 1.61 bits per heavy atom. The van der Waals surface area contributed by atoms with Gasteiger partial charge in [0.25, 0.3) is 0 Å². The van der Waals surface area contributed by atoms with Crippen LogP contribution < -0.4 is 4.74 Å². The topological polar surface area (TPSA) is 75.6 Å². The first kappa shape index (κ1) is 33.1. The summed E-state index contributed by atoms with van der Waals surface area (Å²) in [7, 11) is -4.04. The molecule has 41 heavy (non-hydrogen) atoms. The molecular formula is C30H41F3NO6P. The highest BCUT2D eigenvalue weighted by Crippen LogP contribution is 2.56. The van der Waals surface area contributed by atoms with Gasteiger partial charge in [-0.25, -0.2) is 9.56 Å². The lowest BCUT2D eigenvalue weighted by Gasteiger charge is -2.33. The van der Waals surface area contributed by atoms with E-state index < -0.39 is 36.3 Å². The summed E-state index contributed by atoms with van der Waals surface area (Å²) in [6, 6.07) is 11.5. The van der Waals surface area contributed by atoms with Crippen molar-refractivity contribution in [2.24, 2.45) is 4.99 Å². The van der Waals surface area contributed by atoms with Gasteiger partial charge in [-0.05, 0) is 84.6 Å². The normalized spacial score (nSPS) is 18.3. The van der Waals surface area contributed by atoms with Crippen LogP contribution in [0.4, 0.5) is 13.2 Å². The van der Waals surface area contributed by atoms with Gasteiger partial charge in [0.15, 0.2) is 5.90 Å². The third-order valence-electron chi connectivity index (χ3n) is 5.91. The molecule has 1 aliphatic rings. The van der Waals surface area contributed by atoms with Crippen molar-refractivity contribution >= 4 is 13.7 Å². The Labute approximate surface area is 241 Å². The Hall–Kier alpha value is -2.39. The molecule has 0 aliphatic carbocycles. The molecule has 1 heterocycles. The molecule has 0 saturated heterocycles. The van der Waals surface area contributed by atoms with Crippen molar-refractivity contribution in [1.82, 2.24) is 0 Å². The van der Waals surface area contributed by atoms with Gasteiger partial charge in [-0.2, -0.15) is 13.2 Å². The molecule has 2 aromatic rings. The van der Waals surface area contributed by atoms with Crippen molar-refractivity contribution in [2.45, 2.75) is 97.8 Å². The van der Waals surface area contributed by atoms with Crippen molar-refractivity contribution in [3.63, 3.8) is 0 Å². The maximum atomic E-state index is 14.0. The van der Waals surface area contributed by atoms with Crippen LogP contribution in [0.15, 0.2) is 47.5 Å². The van der Waals surface area contributed by atoms with E-state index in [1.54, 1.807) is 60.6 Å². The van der Waals surface area contributed by atoms with E-state index in [-0.39, 0.29) is 38.4 Å². The van der Waals surface area contributed by atoms with Crippen molar-refractivity contribution < 1.29 is 40.8 Å². The van der Waals surface area contributed by atoms with E-state index in [0.717, 1.165) is 17.2 Å². The lowest BCUT2D eigenvalue weighted by molar-refractivity contribution is -0.139. The molecule has 0 bridgehead atoms. The van der Waals surface area contributed by atoms with Gasteiger partial charge in [0, 0.05) is 6.92 Å². The Kier molecular flexibility index (Phi) is 10.1. The van der Waals surface area contributed by atoms with Crippen LogP contribution in [0.3, 0.4) is 0 Å². The minimum atomic E-state index is -4.61. The number of hydrogen-bond acceptors (Lipinski definition) is 7. The van der Waals surface area contributed by atoms with Crippen molar-refractivity contribution in [1.29, 1.82) is 0 Å². The predicted molar refractivity (Wildman–Crippen MR) is 152 cm³/mol. The van der Waals surface area contributed by atoms with E-state index in [2.05, 4.69) is 4.99 Å². The molecular weight excluding hydrogens is 558 g/mol. The highest BCUT2D eigenvalue weighted by Gasteiger charge is 2.43. The summed E-state index contributed by atoms with van der Waals surface area (Å²) < 4.78 is 84.0. The highest BCUT2D eigenvalue weighted by molar-refractivity contribution is 7.48. The largest absolute Gasteiger partial charge is 0.488 e. The summed E-state index contributed by atoms with van der Waals surface area (Å²) >= 11 is 0. The Morgan fingerprint density at radius 3 is 2.15 bits per heavy atom. The number of nitrogens with zero attached hydrogens (tertiary/aromatic N) is 1. The van der Waals surface area contributed by atoms with Gasteiger partial charge < -0.3 is 9.47 Å². The fraction of sp³-hybridized carbons (Fsp3) is 0.567. The van der Waals surface area contributed by atoms with Crippen LogP contribution in [0.1, 0.15) is 77.1 Å². The first-order valence-electron chi connectivity index (χ1n) is 13.5. The molecule has 0 aromatic heterocycles. The number of halogens is 3. The molecule has 11 heteroatoms. The van der Waals surface area contributed by atoms with Gasteiger partial charge in [-0.3, -0.25) is 13.6 Å². The smallest absolute Gasteiger partial charge is 0.475 e. The van der Waals surface area contributed by atoms with E-state index in [4.69, 9.17) is 23.0 Å². The zero-order chi connectivity index (χ0) is 30.7. The molecule has 0 fully saturated rings. The van der Waals surface area contributed by atoms with Crippen molar-refractivity contribution in [3.05, 3.63) is 64.7 Å². The number of alkyl halides is 3. The molecule has 1 aliphatic heterocycles. The van der Waals surface area contributed by atoms with Crippen molar-refractivity contribution in [2.75, 3.05) is 13.2 Å². The number of aliphatic imine (C=N–C) groups is 1. The second-order valence-corrected chi connectivity index (χ2v) is 13.9. The monoisotopic (exact) mass is 599 g/mol. The lowest BCUT2D eigenvalue weighted by Crippen LogP contribution is -2.36. The van der Waals surface area contributed by atoms with Crippen LogP contribution in [0.2, 0.25) is 0 Å². The zero-order valence-electron chi connectivity index (χ0n) is 25.1. The number of rotatable bonds is 11. The third-order valence-corrected chi connectivity index (χ3v) is 7.90. The minimum absolute atomic E-state index is 0.0171. The van der Waals surface area contributed by atoms with Gasteiger partial charge in [-0.15, -0.1) is 0 Å². The fourth-order valence-electron chi connectivity index (χ4n) is 4.27. The minimum Gasteiger partial charge on any atom is -0.488 e. The SMILES string of the molecule is CC1=NC(CCc2ccc(OCc3cccc(C)c3)c(C(F)(F)F)c2)(COP(=O)(OC(C)(C)C)OC(C)(C)C)CO1. The number of phosphoric ester groups is 1. The van der Waals surface area contributed by atoms with Crippen LogP contribution in [0, 0.1) is 6.92 Å². The van der Waals surface area contributed by atoms with Gasteiger partial charge in [0.2, 0.25) is 0 Å². The quantitative estimate of drug-likeness (QED) is 0.241. The molecule has 0 spiro atoms. The van der Waals surface area contributed by atoms with Gasteiger partial charge in [-0.1, -0.05) is 35.9 Å². The molecule has 0 radical (unpaired) electrons. The fourth-order valence-corrected chi connectivity index (χ4v) is 6.16. The molecule has 3 rings (SSSR count). The molecule has 0 amide bonds. The van der Waals surface area contributed by atoms with Crippen LogP contribution in [0.5, 0.6) is 5.75 Å². The number of hydrogen-bond donors (Lipinski definition) is 0. The number of aryl methyl sites for hydroxylation is 2. The number of benzene rings is 2. The summed E-state index contributed by atoms with van der Waals surface area (Å²) in [6.07, 6.45) is -4.10. The molecule has 0 N–H and O–H groups in total. The van der Waals surface area contributed by atoms with Gasteiger partial charge in [0.1, 0.15) is 24.5 Å². The first-order valence-corrected chi connectivity index (χ1v) is 15.0. The second-order valence-electron chi connectivity index (χ2n) is 12.4. The summed E-state index contributed by atoms with van der Waals surface area (Å²) in [6.45, 7) is 14.0. The first-order chi connectivity index (χ1) is 18.8. The molecule has 228 valence electrons. The second kappa shape index (κ2) is 12.5. The standard InChI is InChI=1S/C30H41F3NO6P/c1-21-10-9-11-24(16-21)18-36-26-13-12-23(17-25(26)30(31,32)33)14-15-29(19-37-22(2)34-29)20-38-41(35,39-27(3,4)5)40-28(6,7)8/h9-13,16-17H,14-15,18-20H2,1-8H3. The molecule has 0 saturated carbocycles. The maximum Gasteiger partial charge on any atom is 0.475 e. The molecule has 1 unspecified atom stereocenters.